The standard InChI is InChI=1S/C26H34F3N5O/c1-19-3-5-23(6-4-19)33-13-8-20(9-14-33)18-32(2)25(35)34-15-10-21(11-16-34)31-22-7-12-30-24(17-22)26(27,28)29/h3-7,12,17,20-21H,8-11,13-16,18H2,1-2H3,(H,30,31). The lowest BCUT2D eigenvalue weighted by molar-refractivity contribution is -0.141. The highest BCUT2D eigenvalue weighted by Crippen LogP contribution is 2.29. The number of hydrogen-bond donors (Lipinski definition) is 1. The minimum Gasteiger partial charge on any atom is -0.382 e. The third-order valence-corrected chi connectivity index (χ3v) is 7.06. The number of halogens is 3. The monoisotopic (exact) mass is 489 g/mol. The van der Waals surface area contributed by atoms with E-state index in [-0.39, 0.29) is 12.1 Å². The van der Waals surface area contributed by atoms with Gasteiger partial charge in [-0.2, -0.15) is 13.2 Å². The van der Waals surface area contributed by atoms with Gasteiger partial charge >= 0.3 is 12.2 Å². The minimum atomic E-state index is -4.46. The largest absolute Gasteiger partial charge is 0.433 e. The van der Waals surface area contributed by atoms with Gasteiger partial charge in [-0.3, -0.25) is 4.98 Å². The molecule has 3 heterocycles. The average Bonchev–Trinajstić information content (AvgIpc) is 2.85. The number of carbonyl (C=O) groups excluding carboxylic acids is 1. The maximum absolute atomic E-state index is 13.0. The summed E-state index contributed by atoms with van der Waals surface area (Å²) in [6.45, 7) is 6.01. The second kappa shape index (κ2) is 10.7. The molecule has 1 aromatic carbocycles. The predicted molar refractivity (Wildman–Crippen MR) is 132 cm³/mol. The third kappa shape index (κ3) is 6.58. The maximum atomic E-state index is 13.0. The summed E-state index contributed by atoms with van der Waals surface area (Å²) in [5.41, 5.74) is 2.03. The fourth-order valence-electron chi connectivity index (χ4n) is 4.96. The summed E-state index contributed by atoms with van der Waals surface area (Å²) in [6, 6.07) is 11.3. The molecular weight excluding hydrogens is 455 g/mol. The zero-order valence-electron chi connectivity index (χ0n) is 20.4. The Hall–Kier alpha value is -2.97. The third-order valence-electron chi connectivity index (χ3n) is 7.06. The van der Waals surface area contributed by atoms with Crippen LogP contribution < -0.4 is 10.2 Å². The number of piperidine rings is 2. The van der Waals surface area contributed by atoms with Gasteiger partial charge in [-0.1, -0.05) is 17.7 Å². The average molecular weight is 490 g/mol. The van der Waals surface area contributed by atoms with Crippen LogP contribution >= 0.6 is 0 Å². The maximum Gasteiger partial charge on any atom is 0.433 e. The lowest BCUT2D eigenvalue weighted by Gasteiger charge is -2.38. The molecule has 0 unspecified atom stereocenters. The molecule has 0 radical (unpaired) electrons. The van der Waals surface area contributed by atoms with Gasteiger partial charge in [-0.15, -0.1) is 0 Å². The first-order valence-corrected chi connectivity index (χ1v) is 12.3. The normalized spacial score (nSPS) is 18.0. The van der Waals surface area contributed by atoms with Gasteiger partial charge in [0, 0.05) is 63.4 Å². The molecule has 190 valence electrons. The van der Waals surface area contributed by atoms with Gasteiger partial charge < -0.3 is 20.0 Å². The Morgan fingerprint density at radius 3 is 2.34 bits per heavy atom. The van der Waals surface area contributed by atoms with Crippen molar-refractivity contribution in [3.8, 4) is 0 Å². The van der Waals surface area contributed by atoms with E-state index in [1.807, 2.05) is 16.8 Å². The van der Waals surface area contributed by atoms with Crippen molar-refractivity contribution in [1.82, 2.24) is 14.8 Å². The van der Waals surface area contributed by atoms with Crippen LogP contribution in [-0.4, -0.2) is 66.6 Å². The van der Waals surface area contributed by atoms with Crippen LogP contribution in [0.3, 0.4) is 0 Å². The van der Waals surface area contributed by atoms with Gasteiger partial charge in [-0.05, 0) is 62.8 Å². The van der Waals surface area contributed by atoms with Crippen molar-refractivity contribution in [3.63, 3.8) is 0 Å². The second-order valence-corrected chi connectivity index (χ2v) is 9.76. The topological polar surface area (TPSA) is 51.7 Å². The molecule has 0 aliphatic carbocycles. The van der Waals surface area contributed by atoms with Crippen LogP contribution in [0.1, 0.15) is 36.9 Å². The number of likely N-dealkylation sites (tertiary alicyclic amines) is 1. The number of urea groups is 1. The number of anilines is 2. The molecule has 2 saturated heterocycles. The van der Waals surface area contributed by atoms with Crippen molar-refractivity contribution in [1.29, 1.82) is 0 Å². The number of alkyl halides is 3. The number of rotatable bonds is 5. The van der Waals surface area contributed by atoms with Gasteiger partial charge in [0.25, 0.3) is 0 Å². The fraction of sp³-hybridized carbons (Fsp3) is 0.538. The molecule has 0 saturated carbocycles. The number of pyridine rings is 1. The van der Waals surface area contributed by atoms with E-state index in [0.29, 0.717) is 37.5 Å². The SMILES string of the molecule is Cc1ccc(N2CCC(CN(C)C(=O)N3CCC(Nc4ccnc(C(F)(F)F)c4)CC3)CC2)cc1. The second-order valence-electron chi connectivity index (χ2n) is 9.76. The fourth-order valence-corrected chi connectivity index (χ4v) is 4.96. The molecule has 1 aromatic heterocycles. The highest BCUT2D eigenvalue weighted by atomic mass is 19.4. The van der Waals surface area contributed by atoms with E-state index in [1.54, 1.807) is 6.07 Å². The van der Waals surface area contributed by atoms with E-state index in [4.69, 9.17) is 0 Å². The Kier molecular flexibility index (Phi) is 7.72. The van der Waals surface area contributed by atoms with Crippen LogP contribution in [0.15, 0.2) is 42.6 Å². The van der Waals surface area contributed by atoms with E-state index >= 15 is 0 Å². The summed E-state index contributed by atoms with van der Waals surface area (Å²) >= 11 is 0. The number of carbonyl (C=O) groups is 1. The summed E-state index contributed by atoms with van der Waals surface area (Å²) in [5, 5.41) is 3.17. The summed E-state index contributed by atoms with van der Waals surface area (Å²) in [6.07, 6.45) is 0.211. The quantitative estimate of drug-likeness (QED) is 0.623. The van der Waals surface area contributed by atoms with Crippen molar-refractivity contribution in [3.05, 3.63) is 53.9 Å². The first-order valence-electron chi connectivity index (χ1n) is 12.3. The summed E-state index contributed by atoms with van der Waals surface area (Å²) < 4.78 is 38.7. The number of aryl methyl sites for hydroxylation is 1. The van der Waals surface area contributed by atoms with Crippen LogP contribution in [0.4, 0.5) is 29.3 Å². The van der Waals surface area contributed by atoms with Gasteiger partial charge in [0.15, 0.2) is 0 Å². The number of amides is 2. The molecule has 2 amide bonds. The molecule has 0 bridgehead atoms. The van der Waals surface area contributed by atoms with Crippen LogP contribution in [0.2, 0.25) is 0 Å². The number of aromatic nitrogens is 1. The molecule has 4 rings (SSSR count). The van der Waals surface area contributed by atoms with E-state index in [1.165, 1.54) is 17.4 Å². The Morgan fingerprint density at radius 2 is 1.71 bits per heavy atom. The van der Waals surface area contributed by atoms with E-state index < -0.39 is 11.9 Å². The molecule has 6 nitrogen and oxygen atoms in total. The number of nitrogens with zero attached hydrogens (tertiary/aromatic N) is 4. The van der Waals surface area contributed by atoms with Gasteiger partial charge in [0.2, 0.25) is 0 Å². The summed E-state index contributed by atoms with van der Waals surface area (Å²) in [5.74, 6) is 0.486. The molecule has 0 spiro atoms. The van der Waals surface area contributed by atoms with Crippen molar-refractivity contribution >= 4 is 17.4 Å². The lowest BCUT2D eigenvalue weighted by atomic mass is 9.96. The molecule has 0 atom stereocenters. The zero-order valence-corrected chi connectivity index (χ0v) is 20.4. The van der Waals surface area contributed by atoms with Gasteiger partial charge in [0.05, 0.1) is 0 Å². The Labute approximate surface area is 205 Å². The van der Waals surface area contributed by atoms with Crippen LogP contribution in [0.25, 0.3) is 0 Å². The lowest BCUT2D eigenvalue weighted by Crippen LogP contribution is -2.49. The predicted octanol–water partition coefficient (Wildman–Crippen LogP) is 5.25. The zero-order chi connectivity index (χ0) is 25.0. The molecule has 35 heavy (non-hydrogen) atoms. The highest BCUT2D eigenvalue weighted by Gasteiger charge is 2.33. The molecule has 1 N–H and O–H groups in total. The molecule has 9 heteroatoms. The molecule has 2 aliphatic heterocycles. The van der Waals surface area contributed by atoms with Crippen molar-refractivity contribution in [2.45, 2.75) is 44.8 Å². The summed E-state index contributed by atoms with van der Waals surface area (Å²) in [4.78, 5) is 22.5. The Morgan fingerprint density at radius 1 is 1.06 bits per heavy atom. The smallest absolute Gasteiger partial charge is 0.382 e. The van der Waals surface area contributed by atoms with Gasteiger partial charge in [-0.25, -0.2) is 4.79 Å². The number of nitrogens with one attached hydrogen (secondary N) is 1. The van der Waals surface area contributed by atoms with Crippen LogP contribution in [-0.2, 0) is 6.18 Å². The van der Waals surface area contributed by atoms with E-state index in [9.17, 15) is 18.0 Å². The molecule has 2 aromatic rings. The van der Waals surface area contributed by atoms with Crippen molar-refractivity contribution < 1.29 is 18.0 Å². The Bertz CT molecular complexity index is 981. The van der Waals surface area contributed by atoms with Crippen LogP contribution in [0, 0.1) is 12.8 Å². The van der Waals surface area contributed by atoms with Crippen molar-refractivity contribution in [2.24, 2.45) is 5.92 Å². The molecular formula is C26H34F3N5O. The van der Waals surface area contributed by atoms with Gasteiger partial charge in [0.1, 0.15) is 5.69 Å². The molecule has 2 aliphatic rings. The van der Waals surface area contributed by atoms with Crippen LogP contribution in [0.5, 0.6) is 0 Å². The van der Waals surface area contributed by atoms with E-state index in [0.717, 1.165) is 38.5 Å². The highest BCUT2D eigenvalue weighted by molar-refractivity contribution is 5.74. The first kappa shape index (κ1) is 25.1. The first-order chi connectivity index (χ1) is 16.7. The number of hydrogen-bond acceptors (Lipinski definition) is 4. The number of benzene rings is 1. The minimum absolute atomic E-state index is 0.0268. The van der Waals surface area contributed by atoms with Crippen molar-refractivity contribution in [2.75, 3.05) is 50.0 Å². The summed E-state index contributed by atoms with van der Waals surface area (Å²) in [7, 11) is 1.87. The Balaban J connectivity index is 1.20. The van der Waals surface area contributed by atoms with E-state index in [2.05, 4.69) is 46.4 Å². The molecule has 2 fully saturated rings.